The van der Waals surface area contributed by atoms with Gasteiger partial charge in [0.15, 0.2) is 5.83 Å². The van der Waals surface area contributed by atoms with Gasteiger partial charge in [-0.05, 0) is 54.3 Å². The van der Waals surface area contributed by atoms with Crippen LogP contribution in [0.5, 0.6) is 5.88 Å². The average molecular weight is 619 g/mol. The Morgan fingerprint density at radius 1 is 1.20 bits per heavy atom. The predicted molar refractivity (Wildman–Crippen MR) is 168 cm³/mol. The number of halogens is 2. The number of benzene rings is 1. The number of aromatic nitrogens is 1. The molecule has 0 N–H and O–H groups in total. The number of rotatable bonds is 7. The number of hydrogen-bond donors (Lipinski definition) is 0. The first kappa shape index (κ1) is 29.0. The summed E-state index contributed by atoms with van der Waals surface area (Å²) in [6.45, 7) is 7.49. The molecule has 2 aromatic heterocycles. The van der Waals surface area contributed by atoms with Crippen LogP contribution in [0.2, 0.25) is 0 Å². The summed E-state index contributed by atoms with van der Waals surface area (Å²) in [5.41, 5.74) is 3.16. The largest absolute Gasteiger partial charge is 0.476 e. The van der Waals surface area contributed by atoms with Crippen molar-refractivity contribution >= 4 is 38.8 Å². The van der Waals surface area contributed by atoms with E-state index in [1.165, 1.54) is 20.7 Å². The van der Waals surface area contributed by atoms with Crippen LogP contribution in [0.3, 0.4) is 0 Å². The first-order valence-electron chi connectivity index (χ1n) is 15.4. The summed E-state index contributed by atoms with van der Waals surface area (Å²) in [6, 6.07) is 12.3. The maximum absolute atomic E-state index is 14.5. The molecule has 1 amide bonds. The fourth-order valence-electron chi connectivity index (χ4n) is 7.70. The Bertz CT molecular complexity index is 1640. The van der Waals surface area contributed by atoms with Crippen molar-refractivity contribution in [3.63, 3.8) is 0 Å². The lowest BCUT2D eigenvalue weighted by Gasteiger charge is -2.42. The number of pyridine rings is 1. The first-order chi connectivity index (χ1) is 21.3. The number of thiophene rings is 1. The summed E-state index contributed by atoms with van der Waals surface area (Å²) in [5.74, 6) is -0.489. The number of ether oxygens (including phenoxy) is 1. The molecule has 0 bridgehead atoms. The number of hydrogen-bond acceptors (Lipinski definition) is 8. The number of amides is 1. The molecular weight excluding hydrogens is 582 g/mol. The van der Waals surface area contributed by atoms with E-state index >= 15 is 0 Å². The predicted octanol–water partition coefficient (Wildman–Crippen LogP) is 5.23. The molecule has 11 heteroatoms. The van der Waals surface area contributed by atoms with Crippen LogP contribution >= 0.6 is 11.3 Å². The van der Waals surface area contributed by atoms with Gasteiger partial charge in [-0.25, -0.2) is 8.78 Å². The maximum Gasteiger partial charge on any atom is 0.282 e. The van der Waals surface area contributed by atoms with Gasteiger partial charge in [-0.15, -0.1) is 11.3 Å². The molecule has 8 nitrogen and oxygen atoms in total. The SMILES string of the molecule is C=C(F)C(=O)N1CCN(c2nc(OCC34CCCN3C[C@H](F)C4)cc3c2CCN(c2cccc4ccsc24)C3)C[C@@H]1CC#N. The minimum Gasteiger partial charge on any atom is -0.476 e. The summed E-state index contributed by atoms with van der Waals surface area (Å²) >= 11 is 1.74. The van der Waals surface area contributed by atoms with Crippen LogP contribution in [0.4, 0.5) is 20.3 Å². The first-order valence-corrected chi connectivity index (χ1v) is 16.3. The molecule has 4 aliphatic heterocycles. The Hall–Kier alpha value is -3.75. The highest BCUT2D eigenvalue weighted by Gasteiger charge is 2.49. The summed E-state index contributed by atoms with van der Waals surface area (Å²) in [7, 11) is 0. The Kier molecular flexibility index (Phi) is 7.67. The molecule has 3 fully saturated rings. The Morgan fingerprint density at radius 3 is 2.93 bits per heavy atom. The van der Waals surface area contributed by atoms with Gasteiger partial charge >= 0.3 is 0 Å². The smallest absolute Gasteiger partial charge is 0.282 e. The molecular formula is C33H36F2N6O2S. The second-order valence-electron chi connectivity index (χ2n) is 12.4. The number of carbonyl (C=O) groups is 1. The standard InChI is InChI=1S/C33H36F2N6O2S/c1-22(34)32(42)41-14-13-39(20-26(41)6-10-36)31-27-7-12-38(28-5-2-4-23-8-15-44-30(23)28)18-24(27)16-29(37-31)43-21-33-9-3-11-40(33)19-25(35)17-33/h2,4-5,8,15-16,25-26H,1,3,6-7,9,11-14,17-21H2/t25-,26+,33?/m1/s1. The number of carbonyl (C=O) groups excluding carboxylic acids is 1. The topological polar surface area (TPSA) is 75.9 Å². The molecule has 0 radical (unpaired) electrons. The van der Waals surface area contributed by atoms with Crippen molar-refractivity contribution in [1.29, 1.82) is 5.26 Å². The fourth-order valence-corrected chi connectivity index (χ4v) is 8.64. The monoisotopic (exact) mass is 618 g/mol. The lowest BCUT2D eigenvalue weighted by atomic mass is 9.95. The molecule has 1 aromatic carbocycles. The molecule has 0 spiro atoms. The van der Waals surface area contributed by atoms with E-state index < -0.39 is 23.9 Å². The third-order valence-electron chi connectivity index (χ3n) is 9.81. The minimum atomic E-state index is -1.02. The zero-order chi connectivity index (χ0) is 30.4. The molecule has 1 unspecified atom stereocenters. The van der Waals surface area contributed by atoms with E-state index in [0.29, 0.717) is 45.1 Å². The maximum atomic E-state index is 14.5. The van der Waals surface area contributed by atoms with Crippen LogP contribution in [0.1, 0.15) is 36.8 Å². The Morgan fingerprint density at radius 2 is 2.09 bits per heavy atom. The van der Waals surface area contributed by atoms with E-state index in [1.807, 2.05) is 6.07 Å². The van der Waals surface area contributed by atoms with Gasteiger partial charge in [0.05, 0.1) is 34.5 Å². The molecule has 0 saturated carbocycles. The number of alkyl halides is 1. The van der Waals surface area contributed by atoms with Gasteiger partial charge in [0, 0.05) is 57.3 Å². The molecule has 3 atom stereocenters. The Labute approximate surface area is 260 Å². The van der Waals surface area contributed by atoms with Gasteiger partial charge in [0.1, 0.15) is 18.6 Å². The molecule has 3 saturated heterocycles. The van der Waals surface area contributed by atoms with E-state index in [9.17, 15) is 18.8 Å². The van der Waals surface area contributed by atoms with E-state index in [-0.39, 0.29) is 18.5 Å². The summed E-state index contributed by atoms with van der Waals surface area (Å²) in [4.78, 5) is 25.7. The molecule has 7 rings (SSSR count). The van der Waals surface area contributed by atoms with Gasteiger partial charge in [0.25, 0.3) is 5.91 Å². The molecule has 3 aromatic rings. The highest BCUT2D eigenvalue weighted by Crippen LogP contribution is 2.41. The fraction of sp³-hybridized carbons (Fsp3) is 0.485. The van der Waals surface area contributed by atoms with Crippen LogP contribution in [0.15, 0.2) is 48.1 Å². The molecule has 0 aliphatic carbocycles. The van der Waals surface area contributed by atoms with E-state index in [2.05, 4.69) is 57.0 Å². The number of fused-ring (bicyclic) bond motifs is 3. The van der Waals surface area contributed by atoms with Crippen molar-refractivity contribution in [2.45, 2.75) is 56.4 Å². The normalized spacial score (nSPS) is 25.2. The van der Waals surface area contributed by atoms with E-state index in [0.717, 1.165) is 49.3 Å². The van der Waals surface area contributed by atoms with Crippen molar-refractivity contribution in [3.8, 4) is 11.9 Å². The van der Waals surface area contributed by atoms with Crippen LogP contribution in [0, 0.1) is 11.3 Å². The molecule has 4 aliphatic rings. The molecule has 44 heavy (non-hydrogen) atoms. The van der Waals surface area contributed by atoms with Crippen molar-refractivity contribution in [3.05, 3.63) is 59.2 Å². The lowest BCUT2D eigenvalue weighted by Crippen LogP contribution is -2.55. The number of nitrogens with zero attached hydrogens (tertiary/aromatic N) is 6. The van der Waals surface area contributed by atoms with E-state index in [1.54, 1.807) is 11.3 Å². The minimum absolute atomic E-state index is 0.0786. The van der Waals surface area contributed by atoms with Crippen molar-refractivity contribution in [2.24, 2.45) is 0 Å². The molecule has 230 valence electrons. The quantitative estimate of drug-likeness (QED) is 0.336. The van der Waals surface area contributed by atoms with Crippen LogP contribution < -0.4 is 14.5 Å². The van der Waals surface area contributed by atoms with Gasteiger partial charge in [-0.3, -0.25) is 9.69 Å². The van der Waals surface area contributed by atoms with Crippen molar-refractivity contribution < 1.29 is 18.3 Å². The Balaban J connectivity index is 1.21. The van der Waals surface area contributed by atoms with Crippen LogP contribution in [0.25, 0.3) is 10.1 Å². The van der Waals surface area contributed by atoms with Crippen molar-refractivity contribution in [2.75, 3.05) is 55.7 Å². The second-order valence-corrected chi connectivity index (χ2v) is 13.4. The third kappa shape index (κ3) is 5.18. The van der Waals surface area contributed by atoms with Crippen LogP contribution in [-0.2, 0) is 17.8 Å². The van der Waals surface area contributed by atoms with Crippen LogP contribution in [-0.4, -0.2) is 84.3 Å². The third-order valence-corrected chi connectivity index (χ3v) is 10.8. The summed E-state index contributed by atoms with van der Waals surface area (Å²) < 4.78 is 36.0. The van der Waals surface area contributed by atoms with Gasteiger partial charge < -0.3 is 19.4 Å². The van der Waals surface area contributed by atoms with Gasteiger partial charge in [-0.1, -0.05) is 18.7 Å². The summed E-state index contributed by atoms with van der Waals surface area (Å²) in [6.07, 6.45) is 2.44. The summed E-state index contributed by atoms with van der Waals surface area (Å²) in [5, 5.41) is 12.9. The highest BCUT2D eigenvalue weighted by molar-refractivity contribution is 7.17. The number of anilines is 2. The van der Waals surface area contributed by atoms with Crippen molar-refractivity contribution in [1.82, 2.24) is 14.8 Å². The van der Waals surface area contributed by atoms with E-state index in [4.69, 9.17) is 9.72 Å². The zero-order valence-electron chi connectivity index (χ0n) is 24.7. The van der Waals surface area contributed by atoms with Gasteiger partial charge in [-0.2, -0.15) is 10.2 Å². The van der Waals surface area contributed by atoms with Gasteiger partial charge in [0.2, 0.25) is 5.88 Å². The average Bonchev–Trinajstić information content (AvgIpc) is 3.73. The second kappa shape index (κ2) is 11.6. The zero-order valence-corrected chi connectivity index (χ0v) is 25.5. The lowest BCUT2D eigenvalue weighted by molar-refractivity contribution is -0.131. The highest BCUT2D eigenvalue weighted by atomic mass is 32.1. The number of nitriles is 1. The number of piperazine rings is 1. The molecule has 6 heterocycles.